The molecule has 0 spiro atoms. The van der Waals surface area contributed by atoms with Crippen LogP contribution in [0.4, 0.5) is 31.1 Å². The van der Waals surface area contributed by atoms with Gasteiger partial charge in [-0.1, -0.05) is 41.9 Å². The fourth-order valence-corrected chi connectivity index (χ4v) is 4.33. The van der Waals surface area contributed by atoms with Crippen LogP contribution in [0.1, 0.15) is 28.8 Å². The standard InChI is InChI=1S/C25H20ClF6N3O/c26-19-6-7-21(33-14-19)24(13-16-4-2-1-3-5-16,34-22(36)35-9-8-23(28,29)15-35)17-10-18(25(30,31)32)12-20(27)11-17/h1-7,10-12,14H,8-9,13,15H2,(H,34,36). The Kier molecular flexibility index (Phi) is 6.92. The predicted octanol–water partition coefficient (Wildman–Crippen LogP) is 6.43. The molecule has 0 saturated carbocycles. The van der Waals surface area contributed by atoms with Crippen molar-refractivity contribution in [2.24, 2.45) is 0 Å². The molecule has 0 aliphatic carbocycles. The molecular weight excluding hydrogens is 508 g/mol. The molecule has 1 saturated heterocycles. The van der Waals surface area contributed by atoms with E-state index in [0.29, 0.717) is 11.6 Å². The zero-order valence-corrected chi connectivity index (χ0v) is 19.4. The minimum atomic E-state index is -4.89. The first-order valence-electron chi connectivity index (χ1n) is 10.9. The van der Waals surface area contributed by atoms with Crippen LogP contribution < -0.4 is 5.32 Å². The number of halogens is 7. The lowest BCUT2D eigenvalue weighted by atomic mass is 9.79. The molecule has 2 amide bonds. The fourth-order valence-electron chi connectivity index (χ4n) is 4.22. The number of rotatable bonds is 5. The number of amides is 2. The molecule has 2 heterocycles. The maximum absolute atomic E-state index is 14.6. The number of benzene rings is 2. The van der Waals surface area contributed by atoms with Gasteiger partial charge in [-0.05, 0) is 41.5 Å². The van der Waals surface area contributed by atoms with Crippen molar-refractivity contribution >= 4 is 17.6 Å². The Labute approximate surface area is 207 Å². The summed E-state index contributed by atoms with van der Waals surface area (Å²) in [6, 6.07) is 12.2. The molecule has 11 heteroatoms. The molecule has 2 aromatic carbocycles. The zero-order chi connectivity index (χ0) is 26.1. The van der Waals surface area contributed by atoms with Crippen molar-refractivity contribution in [3.8, 4) is 0 Å². The van der Waals surface area contributed by atoms with E-state index in [1.54, 1.807) is 30.3 Å². The van der Waals surface area contributed by atoms with Crippen molar-refractivity contribution in [1.82, 2.24) is 15.2 Å². The van der Waals surface area contributed by atoms with Gasteiger partial charge in [-0.2, -0.15) is 13.2 Å². The third-order valence-corrected chi connectivity index (χ3v) is 6.20. The number of hydrogen-bond donors (Lipinski definition) is 1. The molecule has 1 fully saturated rings. The summed E-state index contributed by atoms with van der Waals surface area (Å²) in [6.07, 6.45) is -4.36. The van der Waals surface area contributed by atoms with Crippen LogP contribution in [0.25, 0.3) is 0 Å². The number of hydrogen-bond acceptors (Lipinski definition) is 2. The lowest BCUT2D eigenvalue weighted by molar-refractivity contribution is -0.137. The van der Waals surface area contributed by atoms with Crippen LogP contribution in [-0.2, 0) is 18.1 Å². The number of nitrogens with one attached hydrogen (secondary N) is 1. The Morgan fingerprint density at radius 2 is 1.75 bits per heavy atom. The van der Waals surface area contributed by atoms with E-state index in [1.165, 1.54) is 18.3 Å². The summed E-state index contributed by atoms with van der Waals surface area (Å²) >= 11 is 5.97. The molecule has 190 valence electrons. The Morgan fingerprint density at radius 1 is 1.06 bits per heavy atom. The number of aromatic nitrogens is 1. The Balaban J connectivity index is 1.92. The summed E-state index contributed by atoms with van der Waals surface area (Å²) in [4.78, 5) is 18.3. The number of pyridine rings is 1. The molecule has 1 N–H and O–H groups in total. The molecule has 3 aromatic rings. The van der Waals surface area contributed by atoms with Crippen LogP contribution in [0, 0.1) is 5.82 Å². The van der Waals surface area contributed by atoms with Crippen LogP contribution in [0.2, 0.25) is 5.02 Å². The van der Waals surface area contributed by atoms with Gasteiger partial charge in [0.25, 0.3) is 5.92 Å². The molecule has 0 radical (unpaired) electrons. The van der Waals surface area contributed by atoms with Gasteiger partial charge in [0.05, 0.1) is 22.8 Å². The van der Waals surface area contributed by atoms with E-state index in [9.17, 15) is 31.1 Å². The largest absolute Gasteiger partial charge is 0.416 e. The smallest absolute Gasteiger partial charge is 0.322 e. The maximum atomic E-state index is 14.6. The van der Waals surface area contributed by atoms with E-state index in [2.05, 4.69) is 10.3 Å². The van der Waals surface area contributed by atoms with Gasteiger partial charge in [0.2, 0.25) is 0 Å². The fraction of sp³-hybridized carbons (Fsp3) is 0.280. The summed E-state index contributed by atoms with van der Waals surface area (Å²) in [5.41, 5.74) is -2.77. The van der Waals surface area contributed by atoms with Crippen LogP contribution in [0.3, 0.4) is 0 Å². The lowest BCUT2D eigenvalue weighted by Crippen LogP contribution is -2.53. The highest BCUT2D eigenvalue weighted by atomic mass is 35.5. The van der Waals surface area contributed by atoms with Gasteiger partial charge in [0.1, 0.15) is 11.4 Å². The molecule has 1 atom stereocenters. The molecular formula is C25H20ClF6N3O. The highest BCUT2D eigenvalue weighted by Gasteiger charge is 2.45. The highest BCUT2D eigenvalue weighted by Crippen LogP contribution is 2.38. The van der Waals surface area contributed by atoms with E-state index in [-0.39, 0.29) is 29.2 Å². The Hall–Kier alpha value is -3.27. The van der Waals surface area contributed by atoms with Crippen LogP contribution in [0.5, 0.6) is 0 Å². The number of likely N-dealkylation sites (tertiary alicyclic amines) is 1. The third-order valence-electron chi connectivity index (χ3n) is 5.97. The van der Waals surface area contributed by atoms with Crippen LogP contribution >= 0.6 is 11.6 Å². The maximum Gasteiger partial charge on any atom is 0.416 e. The predicted molar refractivity (Wildman–Crippen MR) is 121 cm³/mol. The first-order valence-corrected chi connectivity index (χ1v) is 11.2. The molecule has 36 heavy (non-hydrogen) atoms. The summed E-state index contributed by atoms with van der Waals surface area (Å²) in [5.74, 6) is -4.28. The average Bonchev–Trinajstić information content (AvgIpc) is 3.18. The van der Waals surface area contributed by atoms with Gasteiger partial charge in [0.15, 0.2) is 0 Å². The first kappa shape index (κ1) is 25.8. The summed E-state index contributed by atoms with van der Waals surface area (Å²) in [6.45, 7) is -1.11. The number of nitrogens with zero attached hydrogens (tertiary/aromatic N) is 2. The molecule has 4 rings (SSSR count). The molecule has 1 aliphatic rings. The quantitative estimate of drug-likeness (QED) is 0.389. The minimum absolute atomic E-state index is 0.0498. The normalized spacial score (nSPS) is 17.0. The van der Waals surface area contributed by atoms with Gasteiger partial charge >= 0.3 is 12.2 Å². The Bertz CT molecular complexity index is 1240. The molecule has 1 aliphatic heterocycles. The summed E-state index contributed by atoms with van der Waals surface area (Å²) < 4.78 is 83.2. The van der Waals surface area contributed by atoms with Crippen molar-refractivity contribution in [1.29, 1.82) is 0 Å². The van der Waals surface area contributed by atoms with Crippen molar-refractivity contribution in [3.05, 3.63) is 100 Å². The van der Waals surface area contributed by atoms with Crippen LogP contribution in [0.15, 0.2) is 66.9 Å². The molecule has 0 bridgehead atoms. The minimum Gasteiger partial charge on any atom is -0.322 e. The van der Waals surface area contributed by atoms with E-state index in [0.717, 1.165) is 17.0 Å². The van der Waals surface area contributed by atoms with Crippen molar-refractivity contribution in [2.75, 3.05) is 13.1 Å². The van der Waals surface area contributed by atoms with Crippen molar-refractivity contribution in [3.63, 3.8) is 0 Å². The van der Waals surface area contributed by atoms with Gasteiger partial charge in [-0.3, -0.25) is 4.98 Å². The SMILES string of the molecule is O=C(NC(Cc1ccccc1)(c1cc(F)cc(C(F)(F)F)c1)c1ccc(Cl)cn1)N1CCC(F)(F)C1. The van der Waals surface area contributed by atoms with E-state index >= 15 is 0 Å². The Morgan fingerprint density at radius 3 is 2.33 bits per heavy atom. The monoisotopic (exact) mass is 527 g/mol. The second-order valence-corrected chi connectivity index (χ2v) is 9.05. The number of carbonyl (C=O) groups excluding carboxylic acids is 1. The van der Waals surface area contributed by atoms with E-state index in [4.69, 9.17) is 11.6 Å². The second kappa shape index (κ2) is 9.65. The van der Waals surface area contributed by atoms with Gasteiger partial charge < -0.3 is 10.2 Å². The van der Waals surface area contributed by atoms with Crippen molar-refractivity contribution in [2.45, 2.75) is 30.5 Å². The summed E-state index contributed by atoms with van der Waals surface area (Å²) in [7, 11) is 0. The van der Waals surface area contributed by atoms with E-state index in [1.807, 2.05) is 0 Å². The van der Waals surface area contributed by atoms with E-state index < -0.39 is 48.0 Å². The third kappa shape index (κ3) is 5.59. The first-order chi connectivity index (χ1) is 16.9. The zero-order valence-electron chi connectivity index (χ0n) is 18.6. The highest BCUT2D eigenvalue weighted by molar-refractivity contribution is 6.30. The van der Waals surface area contributed by atoms with Gasteiger partial charge in [-0.15, -0.1) is 0 Å². The average molecular weight is 528 g/mol. The van der Waals surface area contributed by atoms with Crippen molar-refractivity contribution < 1.29 is 31.1 Å². The topological polar surface area (TPSA) is 45.2 Å². The van der Waals surface area contributed by atoms with Gasteiger partial charge in [-0.25, -0.2) is 18.0 Å². The molecule has 1 unspecified atom stereocenters. The molecule has 1 aromatic heterocycles. The lowest BCUT2D eigenvalue weighted by Gasteiger charge is -2.37. The number of alkyl halides is 5. The summed E-state index contributed by atoms with van der Waals surface area (Å²) in [5, 5.41) is 2.85. The molecule has 4 nitrogen and oxygen atoms in total. The number of urea groups is 1. The number of carbonyl (C=O) groups is 1. The van der Waals surface area contributed by atoms with Gasteiger partial charge in [0, 0.05) is 25.6 Å². The second-order valence-electron chi connectivity index (χ2n) is 8.61. The van der Waals surface area contributed by atoms with Crippen LogP contribution in [-0.4, -0.2) is 34.9 Å².